The Bertz CT molecular complexity index is 359. The lowest BCUT2D eigenvalue weighted by Gasteiger charge is -2.14. The molecule has 4 heteroatoms. The van der Waals surface area contributed by atoms with Crippen molar-refractivity contribution in [3.05, 3.63) is 0 Å². The predicted octanol–water partition coefficient (Wildman–Crippen LogP) is 7.39. The van der Waals surface area contributed by atoms with E-state index in [9.17, 15) is 15.0 Å². The molecule has 2 unspecified atom stereocenters. The summed E-state index contributed by atoms with van der Waals surface area (Å²) in [5.41, 5.74) is 0. The molecule has 0 aromatic heterocycles. The largest absolute Gasteiger partial charge is 0.481 e. The molecule has 0 rings (SSSR count). The number of rotatable bonds is 24. The maximum atomic E-state index is 10.4. The summed E-state index contributed by atoms with van der Waals surface area (Å²) in [4.78, 5) is 10.4. The summed E-state index contributed by atoms with van der Waals surface area (Å²) >= 11 is 0. The van der Waals surface area contributed by atoms with Crippen molar-refractivity contribution in [3.8, 4) is 0 Å². The van der Waals surface area contributed by atoms with Gasteiger partial charge in [0.1, 0.15) is 0 Å². The summed E-state index contributed by atoms with van der Waals surface area (Å²) in [6.07, 6.45) is 23.5. The highest BCUT2D eigenvalue weighted by Gasteiger charge is 2.09. The second-order valence-electron chi connectivity index (χ2n) is 9.26. The van der Waals surface area contributed by atoms with Gasteiger partial charge in [0.05, 0.1) is 12.2 Å². The number of carbonyl (C=O) groups is 1. The van der Waals surface area contributed by atoms with Crippen LogP contribution in [0.2, 0.25) is 0 Å². The zero-order valence-electron chi connectivity index (χ0n) is 20.0. The number of unbranched alkanes of at least 4 members (excludes halogenated alkanes) is 15. The second kappa shape index (κ2) is 23.1. The molecular formula is C26H52O4. The van der Waals surface area contributed by atoms with E-state index in [0.29, 0.717) is 6.42 Å². The molecule has 0 amide bonds. The summed E-state index contributed by atoms with van der Waals surface area (Å²) in [7, 11) is 0. The number of aliphatic hydroxyl groups is 2. The number of carboxylic acid groups (broad SMARTS) is 1. The van der Waals surface area contributed by atoms with Crippen LogP contribution in [0.3, 0.4) is 0 Å². The molecule has 0 fully saturated rings. The molecule has 4 nitrogen and oxygen atoms in total. The van der Waals surface area contributed by atoms with Gasteiger partial charge in [-0.05, 0) is 32.1 Å². The first-order valence-electron chi connectivity index (χ1n) is 13.1. The quantitative estimate of drug-likeness (QED) is 0.140. The molecule has 3 N–H and O–H groups in total. The minimum atomic E-state index is -0.690. The molecule has 0 saturated heterocycles. The first-order valence-corrected chi connectivity index (χ1v) is 13.1. The van der Waals surface area contributed by atoms with E-state index in [2.05, 4.69) is 6.92 Å². The Balaban J connectivity index is 3.31. The van der Waals surface area contributed by atoms with Crippen molar-refractivity contribution >= 4 is 5.97 Å². The maximum Gasteiger partial charge on any atom is 0.303 e. The van der Waals surface area contributed by atoms with Gasteiger partial charge in [0, 0.05) is 6.42 Å². The highest BCUT2D eigenvalue weighted by atomic mass is 16.4. The van der Waals surface area contributed by atoms with Crippen LogP contribution >= 0.6 is 0 Å². The Morgan fingerprint density at radius 3 is 1.23 bits per heavy atom. The Morgan fingerprint density at radius 1 is 0.533 bits per heavy atom. The van der Waals surface area contributed by atoms with Gasteiger partial charge >= 0.3 is 5.97 Å². The van der Waals surface area contributed by atoms with Crippen molar-refractivity contribution in [1.29, 1.82) is 0 Å². The van der Waals surface area contributed by atoms with Crippen LogP contribution < -0.4 is 0 Å². The third-order valence-electron chi connectivity index (χ3n) is 6.15. The van der Waals surface area contributed by atoms with Crippen LogP contribution in [0.15, 0.2) is 0 Å². The van der Waals surface area contributed by atoms with Crippen molar-refractivity contribution < 1.29 is 20.1 Å². The van der Waals surface area contributed by atoms with Gasteiger partial charge < -0.3 is 15.3 Å². The minimum absolute atomic E-state index is 0.245. The van der Waals surface area contributed by atoms with Gasteiger partial charge in [0.15, 0.2) is 0 Å². The van der Waals surface area contributed by atoms with E-state index >= 15 is 0 Å². The molecule has 30 heavy (non-hydrogen) atoms. The van der Waals surface area contributed by atoms with Crippen molar-refractivity contribution in [2.45, 2.75) is 160 Å². The van der Waals surface area contributed by atoms with Gasteiger partial charge in [0.2, 0.25) is 0 Å². The van der Waals surface area contributed by atoms with Gasteiger partial charge in [-0.15, -0.1) is 0 Å². The zero-order valence-corrected chi connectivity index (χ0v) is 20.0. The molecule has 0 aliphatic rings. The van der Waals surface area contributed by atoms with Crippen molar-refractivity contribution in [2.24, 2.45) is 0 Å². The molecule has 0 aromatic rings. The van der Waals surface area contributed by atoms with E-state index in [0.717, 1.165) is 64.2 Å². The van der Waals surface area contributed by atoms with Crippen LogP contribution in [-0.4, -0.2) is 33.5 Å². The van der Waals surface area contributed by atoms with Gasteiger partial charge in [-0.1, -0.05) is 110 Å². The van der Waals surface area contributed by atoms with Crippen LogP contribution in [0.25, 0.3) is 0 Å². The standard InChI is InChI=1S/C26H52O4/c1-2-3-4-5-6-7-10-13-16-19-24(27)22-23-25(28)20-17-14-11-8-9-12-15-18-21-26(29)30/h24-25,27-28H,2-23H2,1H3,(H,29,30). The van der Waals surface area contributed by atoms with E-state index in [1.54, 1.807) is 0 Å². The Morgan fingerprint density at radius 2 is 0.867 bits per heavy atom. The average Bonchev–Trinajstić information content (AvgIpc) is 2.72. The highest BCUT2D eigenvalue weighted by molar-refractivity contribution is 5.66. The minimum Gasteiger partial charge on any atom is -0.481 e. The molecule has 2 atom stereocenters. The molecule has 0 aromatic carbocycles. The molecule has 0 saturated carbocycles. The lowest BCUT2D eigenvalue weighted by molar-refractivity contribution is -0.137. The van der Waals surface area contributed by atoms with Crippen LogP contribution in [0.5, 0.6) is 0 Å². The third-order valence-corrected chi connectivity index (χ3v) is 6.15. The summed E-state index contributed by atoms with van der Waals surface area (Å²) in [5, 5.41) is 28.8. The summed E-state index contributed by atoms with van der Waals surface area (Å²) < 4.78 is 0. The van der Waals surface area contributed by atoms with E-state index in [1.807, 2.05) is 0 Å². The molecular weight excluding hydrogens is 376 g/mol. The maximum absolute atomic E-state index is 10.4. The number of aliphatic hydroxyl groups excluding tert-OH is 2. The summed E-state index contributed by atoms with van der Waals surface area (Å²) in [6.45, 7) is 2.25. The van der Waals surface area contributed by atoms with Gasteiger partial charge in [-0.25, -0.2) is 0 Å². The normalized spacial score (nSPS) is 13.4. The van der Waals surface area contributed by atoms with Gasteiger partial charge in [-0.2, -0.15) is 0 Å². The molecule has 0 aliphatic heterocycles. The molecule has 0 spiro atoms. The summed E-state index contributed by atoms with van der Waals surface area (Å²) in [6, 6.07) is 0. The lowest BCUT2D eigenvalue weighted by atomic mass is 10.00. The predicted molar refractivity (Wildman–Crippen MR) is 127 cm³/mol. The van der Waals surface area contributed by atoms with Crippen LogP contribution in [-0.2, 0) is 4.79 Å². The molecule has 180 valence electrons. The van der Waals surface area contributed by atoms with E-state index < -0.39 is 5.97 Å². The van der Waals surface area contributed by atoms with Crippen LogP contribution in [0.4, 0.5) is 0 Å². The third kappa shape index (κ3) is 23.7. The number of hydrogen-bond acceptors (Lipinski definition) is 3. The SMILES string of the molecule is CCCCCCCCCCCC(O)CCC(O)CCCCCCCCCCC(=O)O. The topological polar surface area (TPSA) is 77.8 Å². The number of aliphatic carboxylic acids is 1. The zero-order chi connectivity index (χ0) is 22.3. The smallest absolute Gasteiger partial charge is 0.303 e. The van der Waals surface area contributed by atoms with Gasteiger partial charge in [-0.3, -0.25) is 4.79 Å². The van der Waals surface area contributed by atoms with Crippen LogP contribution in [0, 0.1) is 0 Å². The van der Waals surface area contributed by atoms with Crippen molar-refractivity contribution in [1.82, 2.24) is 0 Å². The van der Waals surface area contributed by atoms with E-state index in [4.69, 9.17) is 5.11 Å². The fourth-order valence-corrected chi connectivity index (χ4v) is 4.08. The van der Waals surface area contributed by atoms with Crippen molar-refractivity contribution in [2.75, 3.05) is 0 Å². The Hall–Kier alpha value is -0.610. The molecule has 0 bridgehead atoms. The first kappa shape index (κ1) is 29.4. The van der Waals surface area contributed by atoms with Crippen molar-refractivity contribution in [3.63, 3.8) is 0 Å². The van der Waals surface area contributed by atoms with Gasteiger partial charge in [0.25, 0.3) is 0 Å². The number of carboxylic acids is 1. The highest BCUT2D eigenvalue weighted by Crippen LogP contribution is 2.16. The first-order chi connectivity index (χ1) is 14.6. The van der Waals surface area contributed by atoms with Crippen LogP contribution in [0.1, 0.15) is 148 Å². The molecule has 0 aliphatic carbocycles. The van der Waals surface area contributed by atoms with E-state index in [1.165, 1.54) is 70.6 Å². The monoisotopic (exact) mass is 428 g/mol. The Labute approximate surface area is 186 Å². The molecule has 0 radical (unpaired) electrons. The fourth-order valence-electron chi connectivity index (χ4n) is 4.08. The van der Waals surface area contributed by atoms with E-state index in [-0.39, 0.29) is 12.2 Å². The number of hydrogen-bond donors (Lipinski definition) is 3. The lowest BCUT2D eigenvalue weighted by Crippen LogP contribution is -2.13. The molecule has 0 heterocycles. The fraction of sp³-hybridized carbons (Fsp3) is 0.962. The average molecular weight is 429 g/mol. The summed E-state index contributed by atoms with van der Waals surface area (Å²) in [5.74, 6) is -0.690. The Kier molecular flexibility index (Phi) is 22.6. The second-order valence-corrected chi connectivity index (χ2v) is 9.26.